The smallest absolute Gasteiger partial charge is 0.119 e. The van der Waals surface area contributed by atoms with Gasteiger partial charge in [-0.05, 0) is 45.3 Å². The molecular weight excluding hydrogens is 242 g/mol. The number of likely N-dealkylation sites (N-methyl/N-ethyl adjacent to an activating group) is 1. The number of ether oxygens (including phenoxy) is 1. The number of nitrogens with zero attached hydrogens (tertiary/aromatic N) is 1. The van der Waals surface area contributed by atoms with E-state index in [1.807, 2.05) is 38.4 Å². The van der Waals surface area contributed by atoms with E-state index in [-0.39, 0.29) is 6.10 Å². The zero-order chi connectivity index (χ0) is 10.6. The number of hydrogen-bond donors (Lipinski definition) is 0. The summed E-state index contributed by atoms with van der Waals surface area (Å²) < 4.78 is 6.79. The summed E-state index contributed by atoms with van der Waals surface area (Å²) in [6.45, 7) is 3.00. The second kappa shape index (κ2) is 5.37. The quantitative estimate of drug-likeness (QED) is 0.823. The number of rotatable bonds is 4. The van der Waals surface area contributed by atoms with Crippen LogP contribution in [-0.4, -0.2) is 31.6 Å². The van der Waals surface area contributed by atoms with Crippen molar-refractivity contribution in [2.75, 3.05) is 20.6 Å². The van der Waals surface area contributed by atoms with Crippen molar-refractivity contribution in [1.29, 1.82) is 0 Å². The van der Waals surface area contributed by atoms with Gasteiger partial charge in [-0.3, -0.25) is 0 Å². The molecule has 0 fully saturated rings. The molecule has 0 radical (unpaired) electrons. The second-order valence-corrected chi connectivity index (χ2v) is 4.56. The van der Waals surface area contributed by atoms with Gasteiger partial charge in [0.25, 0.3) is 0 Å². The zero-order valence-corrected chi connectivity index (χ0v) is 10.4. The predicted octanol–water partition coefficient (Wildman–Crippen LogP) is 2.78. The minimum atomic E-state index is 0.214. The Hall–Kier alpha value is -0.540. The normalized spacial score (nSPS) is 12.9. The predicted molar refractivity (Wildman–Crippen MR) is 62.8 cm³/mol. The van der Waals surface area contributed by atoms with Crippen LogP contribution >= 0.6 is 15.9 Å². The molecule has 0 N–H and O–H groups in total. The highest BCUT2D eigenvalue weighted by molar-refractivity contribution is 9.10. The molecule has 2 nitrogen and oxygen atoms in total. The Bertz CT molecular complexity index is 271. The first-order valence-corrected chi connectivity index (χ1v) is 5.44. The van der Waals surface area contributed by atoms with E-state index >= 15 is 0 Å². The second-order valence-electron chi connectivity index (χ2n) is 3.64. The van der Waals surface area contributed by atoms with Crippen LogP contribution in [0, 0.1) is 0 Å². The van der Waals surface area contributed by atoms with Gasteiger partial charge in [-0.15, -0.1) is 0 Å². The third kappa shape index (κ3) is 4.11. The van der Waals surface area contributed by atoms with Crippen molar-refractivity contribution < 1.29 is 4.74 Å². The monoisotopic (exact) mass is 257 g/mol. The third-order valence-electron chi connectivity index (χ3n) is 1.77. The minimum absolute atomic E-state index is 0.214. The van der Waals surface area contributed by atoms with Gasteiger partial charge in [-0.25, -0.2) is 0 Å². The lowest BCUT2D eigenvalue weighted by Crippen LogP contribution is -2.27. The topological polar surface area (TPSA) is 12.5 Å². The lowest BCUT2D eigenvalue weighted by Gasteiger charge is -2.18. The van der Waals surface area contributed by atoms with E-state index in [0.29, 0.717) is 0 Å². The van der Waals surface area contributed by atoms with Crippen molar-refractivity contribution in [2.24, 2.45) is 0 Å². The largest absolute Gasteiger partial charge is 0.489 e. The molecule has 3 heteroatoms. The summed E-state index contributed by atoms with van der Waals surface area (Å²) in [6, 6.07) is 7.90. The summed E-state index contributed by atoms with van der Waals surface area (Å²) in [6.07, 6.45) is 0.214. The van der Waals surface area contributed by atoms with Crippen molar-refractivity contribution in [2.45, 2.75) is 13.0 Å². The van der Waals surface area contributed by atoms with Gasteiger partial charge in [-0.2, -0.15) is 0 Å². The Labute approximate surface area is 94.0 Å². The zero-order valence-electron chi connectivity index (χ0n) is 8.83. The van der Waals surface area contributed by atoms with E-state index in [1.54, 1.807) is 0 Å². The summed E-state index contributed by atoms with van der Waals surface area (Å²) in [5.41, 5.74) is 0. The summed E-state index contributed by atoms with van der Waals surface area (Å²) in [4.78, 5) is 2.11. The summed E-state index contributed by atoms with van der Waals surface area (Å²) >= 11 is 3.39. The average Bonchev–Trinajstić information content (AvgIpc) is 2.07. The molecule has 0 spiro atoms. The maximum atomic E-state index is 5.72. The van der Waals surface area contributed by atoms with E-state index in [1.165, 1.54) is 0 Å². The number of halogens is 1. The molecular formula is C11H16BrNO. The van der Waals surface area contributed by atoms with Gasteiger partial charge in [0.1, 0.15) is 11.9 Å². The lowest BCUT2D eigenvalue weighted by atomic mass is 10.3. The van der Waals surface area contributed by atoms with Crippen LogP contribution in [0.2, 0.25) is 0 Å². The maximum Gasteiger partial charge on any atom is 0.119 e. The number of hydrogen-bond acceptors (Lipinski definition) is 2. The molecule has 1 unspecified atom stereocenters. The standard InChI is InChI=1S/C11H16BrNO/c1-9(8-13(2)3)14-11-6-4-10(12)5-7-11/h4-7,9H,8H2,1-3H3. The Morgan fingerprint density at radius 1 is 1.29 bits per heavy atom. The van der Waals surface area contributed by atoms with E-state index < -0.39 is 0 Å². The van der Waals surface area contributed by atoms with Gasteiger partial charge in [0.2, 0.25) is 0 Å². The van der Waals surface area contributed by atoms with Crippen molar-refractivity contribution in [3.8, 4) is 5.75 Å². The van der Waals surface area contributed by atoms with Gasteiger partial charge in [0.15, 0.2) is 0 Å². The van der Waals surface area contributed by atoms with E-state index in [4.69, 9.17) is 4.74 Å². The molecule has 0 aliphatic rings. The van der Waals surface area contributed by atoms with Crippen LogP contribution in [0.3, 0.4) is 0 Å². The van der Waals surface area contributed by atoms with Crippen LogP contribution < -0.4 is 4.74 Å². The Morgan fingerprint density at radius 2 is 1.86 bits per heavy atom. The van der Waals surface area contributed by atoms with Crippen molar-refractivity contribution >= 4 is 15.9 Å². The fourth-order valence-corrected chi connectivity index (χ4v) is 1.56. The van der Waals surface area contributed by atoms with E-state index in [2.05, 4.69) is 27.8 Å². The average molecular weight is 258 g/mol. The van der Waals surface area contributed by atoms with Crippen LogP contribution in [0.25, 0.3) is 0 Å². The molecule has 0 amide bonds. The molecule has 0 aliphatic heterocycles. The molecule has 0 heterocycles. The highest BCUT2D eigenvalue weighted by atomic mass is 79.9. The minimum Gasteiger partial charge on any atom is -0.489 e. The number of benzene rings is 1. The van der Waals surface area contributed by atoms with Gasteiger partial charge in [0.05, 0.1) is 0 Å². The van der Waals surface area contributed by atoms with E-state index in [0.717, 1.165) is 16.8 Å². The third-order valence-corrected chi connectivity index (χ3v) is 2.30. The van der Waals surface area contributed by atoms with Gasteiger partial charge < -0.3 is 9.64 Å². The molecule has 0 aromatic heterocycles. The maximum absolute atomic E-state index is 5.72. The lowest BCUT2D eigenvalue weighted by molar-refractivity contribution is 0.177. The molecule has 1 aromatic rings. The SMILES string of the molecule is CC(CN(C)C)Oc1ccc(Br)cc1. The molecule has 78 valence electrons. The van der Waals surface area contributed by atoms with E-state index in [9.17, 15) is 0 Å². The first-order chi connectivity index (χ1) is 6.58. The molecule has 0 bridgehead atoms. The molecule has 1 rings (SSSR count). The summed E-state index contributed by atoms with van der Waals surface area (Å²) in [5, 5.41) is 0. The van der Waals surface area contributed by atoms with Crippen molar-refractivity contribution in [1.82, 2.24) is 4.90 Å². The van der Waals surface area contributed by atoms with Crippen LogP contribution in [0.1, 0.15) is 6.92 Å². The molecule has 1 aromatic carbocycles. The Kier molecular flexibility index (Phi) is 4.42. The molecule has 0 saturated carbocycles. The first kappa shape index (κ1) is 11.5. The Morgan fingerprint density at radius 3 is 2.36 bits per heavy atom. The first-order valence-electron chi connectivity index (χ1n) is 4.65. The van der Waals surface area contributed by atoms with Crippen molar-refractivity contribution in [3.63, 3.8) is 0 Å². The van der Waals surface area contributed by atoms with Gasteiger partial charge in [0, 0.05) is 11.0 Å². The summed E-state index contributed by atoms with van der Waals surface area (Å²) in [7, 11) is 4.09. The fourth-order valence-electron chi connectivity index (χ4n) is 1.30. The highest BCUT2D eigenvalue weighted by Crippen LogP contribution is 2.17. The molecule has 1 atom stereocenters. The molecule has 0 saturated heterocycles. The fraction of sp³-hybridized carbons (Fsp3) is 0.455. The van der Waals surface area contributed by atoms with Crippen molar-refractivity contribution in [3.05, 3.63) is 28.7 Å². The Balaban J connectivity index is 2.47. The van der Waals surface area contributed by atoms with Crippen LogP contribution in [0.15, 0.2) is 28.7 Å². The van der Waals surface area contributed by atoms with Crippen LogP contribution in [0.4, 0.5) is 0 Å². The van der Waals surface area contributed by atoms with Gasteiger partial charge >= 0.3 is 0 Å². The molecule has 0 aliphatic carbocycles. The van der Waals surface area contributed by atoms with Crippen LogP contribution in [-0.2, 0) is 0 Å². The van der Waals surface area contributed by atoms with Crippen LogP contribution in [0.5, 0.6) is 5.75 Å². The van der Waals surface area contributed by atoms with Gasteiger partial charge in [-0.1, -0.05) is 15.9 Å². The highest BCUT2D eigenvalue weighted by Gasteiger charge is 2.04. The molecule has 14 heavy (non-hydrogen) atoms. The summed E-state index contributed by atoms with van der Waals surface area (Å²) in [5.74, 6) is 0.919.